The van der Waals surface area contributed by atoms with Crippen molar-refractivity contribution in [2.75, 3.05) is 51.5 Å². The Morgan fingerprint density at radius 2 is 1.76 bits per heavy atom. The number of hydrogen-bond donors (Lipinski definition) is 0. The molecule has 0 saturated carbocycles. The fourth-order valence-electron chi connectivity index (χ4n) is 3.67. The van der Waals surface area contributed by atoms with E-state index in [0.717, 1.165) is 47.7 Å². The van der Waals surface area contributed by atoms with Gasteiger partial charge in [-0.1, -0.05) is 0 Å². The maximum absolute atomic E-state index is 13.0. The highest BCUT2D eigenvalue weighted by molar-refractivity contribution is 9.10. The number of nitrogens with zero attached hydrogens (tertiary/aromatic N) is 3. The predicted molar refractivity (Wildman–Crippen MR) is 141 cm³/mol. The third-order valence-corrected chi connectivity index (χ3v) is 7.08. The number of halogens is 1. The Balaban J connectivity index is 1.56. The number of rotatable bonds is 7. The molecule has 180 valence electrons. The molecule has 0 radical (unpaired) electrons. The van der Waals surface area contributed by atoms with E-state index in [-0.39, 0.29) is 5.91 Å². The molecule has 2 aliphatic heterocycles. The molecule has 0 bridgehead atoms. The average Bonchev–Trinajstić information content (AvgIpc) is 3.11. The zero-order valence-corrected chi connectivity index (χ0v) is 21.9. The number of morpholine rings is 1. The number of anilines is 1. The first-order valence-corrected chi connectivity index (χ1v) is 12.9. The van der Waals surface area contributed by atoms with Gasteiger partial charge in [-0.3, -0.25) is 9.69 Å². The number of carbonyl (C=O) groups is 1. The second-order valence-corrected chi connectivity index (χ2v) is 9.53. The Bertz CT molecular complexity index is 1100. The van der Waals surface area contributed by atoms with Crippen LogP contribution >= 0.6 is 27.7 Å². The summed E-state index contributed by atoms with van der Waals surface area (Å²) in [6.07, 6.45) is 1.85. The maximum Gasteiger partial charge on any atom is 0.266 e. The molecule has 2 aliphatic rings. The monoisotopic (exact) mass is 545 g/mol. The molecule has 2 heterocycles. The third-order valence-electron chi connectivity index (χ3n) is 5.40. The van der Waals surface area contributed by atoms with E-state index in [1.165, 1.54) is 11.8 Å². The van der Waals surface area contributed by atoms with Crippen LogP contribution in [0.15, 0.2) is 50.8 Å². The summed E-state index contributed by atoms with van der Waals surface area (Å²) in [5, 5.41) is 0.637. The van der Waals surface area contributed by atoms with Crippen molar-refractivity contribution in [3.05, 3.63) is 51.3 Å². The zero-order valence-electron chi connectivity index (χ0n) is 19.5. The van der Waals surface area contributed by atoms with Gasteiger partial charge in [-0.05, 0) is 77.9 Å². The minimum Gasteiger partial charge on any atom is -0.493 e. The molecule has 0 atom stereocenters. The molecule has 1 amide bonds. The molecular weight excluding hydrogens is 518 g/mol. The Labute approximate surface area is 212 Å². The SMILES string of the molecule is CCOc1cc(OCC)c(C=C2SC(=Nc3ccc(N4CCOCC4)cc3)N(C)C2=O)cc1Br. The number of carbonyl (C=O) groups excluding carboxylic acids is 1. The molecule has 2 saturated heterocycles. The summed E-state index contributed by atoms with van der Waals surface area (Å²) in [5.74, 6) is 1.28. The summed E-state index contributed by atoms with van der Waals surface area (Å²) in [6.45, 7) is 8.20. The second-order valence-electron chi connectivity index (χ2n) is 7.67. The van der Waals surface area contributed by atoms with Crippen LogP contribution in [0, 0.1) is 0 Å². The van der Waals surface area contributed by atoms with Crippen LogP contribution < -0.4 is 14.4 Å². The third kappa shape index (κ3) is 5.59. The van der Waals surface area contributed by atoms with Crippen molar-refractivity contribution in [2.24, 2.45) is 4.99 Å². The fraction of sp³-hybridized carbons (Fsp3) is 0.360. The van der Waals surface area contributed by atoms with Gasteiger partial charge in [-0.2, -0.15) is 0 Å². The maximum atomic E-state index is 13.0. The zero-order chi connectivity index (χ0) is 24.1. The van der Waals surface area contributed by atoms with Gasteiger partial charge in [0.25, 0.3) is 5.91 Å². The van der Waals surface area contributed by atoms with Crippen molar-refractivity contribution in [2.45, 2.75) is 13.8 Å². The lowest BCUT2D eigenvalue weighted by Crippen LogP contribution is -2.36. The van der Waals surface area contributed by atoms with Crippen LogP contribution in [0.3, 0.4) is 0 Å². The molecule has 2 fully saturated rings. The summed E-state index contributed by atoms with van der Waals surface area (Å²) in [6, 6.07) is 11.9. The molecule has 2 aromatic carbocycles. The van der Waals surface area contributed by atoms with Crippen molar-refractivity contribution >= 4 is 56.2 Å². The van der Waals surface area contributed by atoms with Gasteiger partial charge < -0.3 is 19.1 Å². The minimum atomic E-state index is -0.0962. The number of aliphatic imine (C=N–C) groups is 1. The second kappa shape index (κ2) is 11.3. The van der Waals surface area contributed by atoms with Gasteiger partial charge in [0, 0.05) is 37.5 Å². The Morgan fingerprint density at radius 1 is 1.09 bits per heavy atom. The van der Waals surface area contributed by atoms with Gasteiger partial charge in [0.2, 0.25) is 0 Å². The van der Waals surface area contributed by atoms with Crippen LogP contribution in [0.5, 0.6) is 11.5 Å². The molecule has 0 unspecified atom stereocenters. The van der Waals surface area contributed by atoms with Gasteiger partial charge in [0.15, 0.2) is 5.17 Å². The van der Waals surface area contributed by atoms with Crippen molar-refractivity contribution in [1.29, 1.82) is 0 Å². The molecule has 2 aromatic rings. The predicted octanol–water partition coefficient (Wildman–Crippen LogP) is 5.32. The van der Waals surface area contributed by atoms with E-state index in [1.807, 2.05) is 44.2 Å². The summed E-state index contributed by atoms with van der Waals surface area (Å²) >= 11 is 4.91. The average molecular weight is 546 g/mol. The minimum absolute atomic E-state index is 0.0962. The van der Waals surface area contributed by atoms with Crippen LogP contribution in [0.4, 0.5) is 11.4 Å². The summed E-state index contributed by atoms with van der Waals surface area (Å²) in [7, 11) is 1.74. The standard InChI is InChI=1S/C25H28BrN3O4S/c1-4-32-21-16-22(33-5-2)20(26)14-17(21)15-23-24(30)28(3)25(34-23)27-18-6-8-19(9-7-18)29-10-12-31-13-11-29/h6-9,14-16H,4-5,10-13H2,1-3H3. The Hall–Kier alpha value is -2.49. The molecule has 0 N–H and O–H groups in total. The van der Waals surface area contributed by atoms with Gasteiger partial charge >= 0.3 is 0 Å². The van der Waals surface area contributed by atoms with Crippen LogP contribution in [0.1, 0.15) is 19.4 Å². The lowest BCUT2D eigenvalue weighted by atomic mass is 10.1. The number of likely N-dealkylation sites (N-methyl/N-ethyl adjacent to an activating group) is 1. The van der Waals surface area contributed by atoms with E-state index in [1.54, 1.807) is 11.9 Å². The van der Waals surface area contributed by atoms with E-state index in [0.29, 0.717) is 34.8 Å². The molecule has 0 aliphatic carbocycles. The number of thioether (sulfide) groups is 1. The summed E-state index contributed by atoms with van der Waals surface area (Å²) < 4.78 is 17.7. The van der Waals surface area contributed by atoms with E-state index in [9.17, 15) is 4.79 Å². The molecule has 7 nitrogen and oxygen atoms in total. The smallest absolute Gasteiger partial charge is 0.266 e. The van der Waals surface area contributed by atoms with Crippen LogP contribution in [0.2, 0.25) is 0 Å². The molecule has 0 aromatic heterocycles. The van der Waals surface area contributed by atoms with E-state index >= 15 is 0 Å². The molecular formula is C25H28BrN3O4S. The van der Waals surface area contributed by atoms with Crippen molar-refractivity contribution in [3.8, 4) is 11.5 Å². The first kappa shape index (κ1) is 24.6. The van der Waals surface area contributed by atoms with Crippen LogP contribution in [-0.4, -0.2) is 62.5 Å². The normalized spacial score (nSPS) is 18.8. The largest absolute Gasteiger partial charge is 0.493 e. The quantitative estimate of drug-likeness (QED) is 0.439. The van der Waals surface area contributed by atoms with Gasteiger partial charge in [0.1, 0.15) is 11.5 Å². The van der Waals surface area contributed by atoms with Gasteiger partial charge in [0.05, 0.1) is 41.5 Å². The molecule has 34 heavy (non-hydrogen) atoms. The van der Waals surface area contributed by atoms with Gasteiger partial charge in [-0.15, -0.1) is 0 Å². The number of benzene rings is 2. The van der Waals surface area contributed by atoms with E-state index < -0.39 is 0 Å². The lowest BCUT2D eigenvalue weighted by molar-refractivity contribution is -0.121. The Kier molecular flexibility index (Phi) is 8.18. The van der Waals surface area contributed by atoms with Crippen LogP contribution in [0.25, 0.3) is 6.08 Å². The number of ether oxygens (including phenoxy) is 3. The summed E-state index contributed by atoms with van der Waals surface area (Å²) in [5.41, 5.74) is 2.76. The topological polar surface area (TPSA) is 63.6 Å². The molecule has 0 spiro atoms. The van der Waals surface area contributed by atoms with Crippen molar-refractivity contribution in [3.63, 3.8) is 0 Å². The molecule has 9 heteroatoms. The van der Waals surface area contributed by atoms with E-state index in [4.69, 9.17) is 19.2 Å². The first-order valence-electron chi connectivity index (χ1n) is 11.3. The van der Waals surface area contributed by atoms with Gasteiger partial charge in [-0.25, -0.2) is 4.99 Å². The van der Waals surface area contributed by atoms with Crippen LogP contribution in [-0.2, 0) is 9.53 Å². The first-order chi connectivity index (χ1) is 16.5. The molecule has 4 rings (SSSR count). The van der Waals surface area contributed by atoms with Crippen molar-refractivity contribution in [1.82, 2.24) is 4.90 Å². The van der Waals surface area contributed by atoms with Crippen molar-refractivity contribution < 1.29 is 19.0 Å². The number of amides is 1. The highest BCUT2D eigenvalue weighted by Crippen LogP contribution is 2.38. The summed E-state index contributed by atoms with van der Waals surface area (Å²) in [4.78, 5) is 22.1. The number of amidine groups is 1. The lowest BCUT2D eigenvalue weighted by Gasteiger charge is -2.28. The highest BCUT2D eigenvalue weighted by Gasteiger charge is 2.31. The highest BCUT2D eigenvalue weighted by atomic mass is 79.9. The fourth-order valence-corrected chi connectivity index (χ4v) is 5.13. The van der Waals surface area contributed by atoms with E-state index in [2.05, 4.69) is 33.0 Å². The Morgan fingerprint density at radius 3 is 2.44 bits per heavy atom. The number of hydrogen-bond acceptors (Lipinski definition) is 7.